The molecule has 1 aromatic carbocycles. The Morgan fingerprint density at radius 3 is 2.08 bits per heavy atom. The molecule has 0 radical (unpaired) electrons. The van der Waals surface area contributed by atoms with Gasteiger partial charge in [0, 0.05) is 0 Å². The molecule has 4 heteroatoms. The molecule has 0 bridgehead atoms. The van der Waals surface area contributed by atoms with Crippen LogP contribution in [0.3, 0.4) is 0 Å². The van der Waals surface area contributed by atoms with Gasteiger partial charge >= 0.3 is 0 Å². The zero-order valence-electron chi connectivity index (χ0n) is 6.81. The second-order valence-corrected chi connectivity index (χ2v) is 2.65. The first-order valence-electron chi connectivity index (χ1n) is 3.60. The van der Waals surface area contributed by atoms with Crippen LogP contribution in [0.25, 0.3) is 0 Å². The topological polar surface area (TPSA) is 23.8 Å². The number of halogens is 3. The summed E-state index contributed by atoms with van der Waals surface area (Å²) in [6.07, 6.45) is 0. The van der Waals surface area contributed by atoms with Crippen LogP contribution in [0, 0.1) is 28.8 Å². The summed E-state index contributed by atoms with van der Waals surface area (Å²) in [4.78, 5) is 0. The van der Waals surface area contributed by atoms with Crippen LogP contribution in [-0.2, 0) is 0 Å². The zero-order valence-corrected chi connectivity index (χ0v) is 6.81. The summed E-state index contributed by atoms with van der Waals surface area (Å²) in [7, 11) is 0. The van der Waals surface area contributed by atoms with Gasteiger partial charge < -0.3 is 0 Å². The molecule has 13 heavy (non-hydrogen) atoms. The van der Waals surface area contributed by atoms with Crippen LogP contribution in [-0.4, -0.2) is 0 Å². The summed E-state index contributed by atoms with van der Waals surface area (Å²) in [6, 6.07) is 3.45. The average molecular weight is 185 g/mol. The Kier molecular flexibility index (Phi) is 2.57. The van der Waals surface area contributed by atoms with E-state index in [1.54, 1.807) is 6.07 Å². The first-order chi connectivity index (χ1) is 6.06. The molecule has 0 spiro atoms. The van der Waals surface area contributed by atoms with Gasteiger partial charge in [-0.25, -0.2) is 13.2 Å². The molecule has 1 rings (SSSR count). The lowest BCUT2D eigenvalue weighted by atomic mass is 10.0. The fraction of sp³-hybridized carbons (Fsp3) is 0.222. The smallest absolute Gasteiger partial charge is 0.194 e. The van der Waals surface area contributed by atoms with Crippen molar-refractivity contribution in [1.29, 1.82) is 5.26 Å². The first-order valence-corrected chi connectivity index (χ1v) is 3.60. The van der Waals surface area contributed by atoms with Crippen molar-refractivity contribution in [2.24, 2.45) is 0 Å². The van der Waals surface area contributed by atoms with Crippen LogP contribution in [0.1, 0.15) is 18.4 Å². The highest BCUT2D eigenvalue weighted by molar-refractivity contribution is 5.26. The molecule has 0 aliphatic carbocycles. The Labute approximate surface area is 73.4 Å². The van der Waals surface area contributed by atoms with Crippen LogP contribution in [0.5, 0.6) is 0 Å². The quantitative estimate of drug-likeness (QED) is 0.617. The minimum absolute atomic E-state index is 0.138. The van der Waals surface area contributed by atoms with E-state index in [4.69, 9.17) is 5.26 Å². The average Bonchev–Trinajstić information content (AvgIpc) is 2.12. The normalized spacial score (nSPS) is 12.2. The number of hydrogen-bond acceptors (Lipinski definition) is 1. The molecule has 1 atom stereocenters. The van der Waals surface area contributed by atoms with Gasteiger partial charge in [-0.15, -0.1) is 0 Å². The van der Waals surface area contributed by atoms with E-state index < -0.39 is 23.4 Å². The molecule has 0 saturated carbocycles. The minimum Gasteiger partial charge on any atom is -0.204 e. The van der Waals surface area contributed by atoms with E-state index in [-0.39, 0.29) is 5.56 Å². The number of nitrogens with zero attached hydrogens (tertiary/aromatic N) is 1. The summed E-state index contributed by atoms with van der Waals surface area (Å²) in [5.74, 6) is -4.69. The third-order valence-electron chi connectivity index (χ3n) is 1.70. The standard InChI is InChI=1S/C9H6F3N/c1-5(4-13)6-2-7(10)9(12)8(11)3-6/h2-3,5H,1H3. The number of hydrogen-bond donors (Lipinski definition) is 0. The second-order valence-electron chi connectivity index (χ2n) is 2.65. The van der Waals surface area contributed by atoms with Crippen molar-refractivity contribution in [2.45, 2.75) is 12.8 Å². The molecule has 0 saturated heterocycles. The van der Waals surface area contributed by atoms with Gasteiger partial charge in [0.15, 0.2) is 17.5 Å². The molecule has 0 aliphatic rings. The number of nitriles is 1. The van der Waals surface area contributed by atoms with Crippen molar-refractivity contribution < 1.29 is 13.2 Å². The van der Waals surface area contributed by atoms with Crippen molar-refractivity contribution in [3.63, 3.8) is 0 Å². The molecule has 0 heterocycles. The summed E-state index contributed by atoms with van der Waals surface area (Å²) >= 11 is 0. The molecule has 1 unspecified atom stereocenters. The zero-order chi connectivity index (χ0) is 10.0. The molecule has 68 valence electrons. The van der Waals surface area contributed by atoms with E-state index in [2.05, 4.69) is 0 Å². The summed E-state index contributed by atoms with van der Waals surface area (Å²) < 4.78 is 37.7. The second kappa shape index (κ2) is 3.48. The van der Waals surface area contributed by atoms with Crippen LogP contribution in [0.4, 0.5) is 13.2 Å². The van der Waals surface area contributed by atoms with Crippen LogP contribution < -0.4 is 0 Å². The van der Waals surface area contributed by atoms with E-state index in [1.807, 2.05) is 0 Å². The third kappa shape index (κ3) is 1.81. The molecule has 0 fully saturated rings. The van der Waals surface area contributed by atoms with Crippen molar-refractivity contribution in [2.75, 3.05) is 0 Å². The third-order valence-corrected chi connectivity index (χ3v) is 1.70. The van der Waals surface area contributed by atoms with Gasteiger partial charge in [0.1, 0.15) is 0 Å². The van der Waals surface area contributed by atoms with Gasteiger partial charge in [-0.05, 0) is 24.6 Å². The molecule has 0 aliphatic heterocycles. The van der Waals surface area contributed by atoms with E-state index >= 15 is 0 Å². The Bertz CT molecular complexity index is 345. The maximum absolute atomic E-state index is 12.6. The van der Waals surface area contributed by atoms with Gasteiger partial charge in [0.05, 0.1) is 12.0 Å². The van der Waals surface area contributed by atoms with Crippen molar-refractivity contribution in [3.8, 4) is 6.07 Å². The van der Waals surface area contributed by atoms with Gasteiger partial charge in [-0.3, -0.25) is 0 Å². The van der Waals surface area contributed by atoms with Crippen molar-refractivity contribution >= 4 is 0 Å². The van der Waals surface area contributed by atoms with Gasteiger partial charge in [0.2, 0.25) is 0 Å². The van der Waals surface area contributed by atoms with Gasteiger partial charge in [-0.1, -0.05) is 0 Å². The molecule has 0 N–H and O–H groups in total. The van der Waals surface area contributed by atoms with Crippen LogP contribution in [0.2, 0.25) is 0 Å². The predicted octanol–water partition coefficient (Wildman–Crippen LogP) is 2.73. The molecule has 1 aromatic rings. The lowest BCUT2D eigenvalue weighted by molar-refractivity contribution is 0.445. The van der Waals surface area contributed by atoms with E-state index in [0.29, 0.717) is 0 Å². The summed E-state index contributed by atoms with van der Waals surface area (Å²) in [6.45, 7) is 1.48. The maximum atomic E-state index is 12.6. The SMILES string of the molecule is CC(C#N)c1cc(F)c(F)c(F)c1. The summed E-state index contributed by atoms with van der Waals surface area (Å²) in [5.41, 5.74) is 0.138. The van der Waals surface area contributed by atoms with Crippen molar-refractivity contribution in [3.05, 3.63) is 35.1 Å². The van der Waals surface area contributed by atoms with Gasteiger partial charge in [0.25, 0.3) is 0 Å². The fourth-order valence-electron chi connectivity index (χ4n) is 0.900. The highest BCUT2D eigenvalue weighted by Gasteiger charge is 2.13. The molecule has 0 aromatic heterocycles. The Morgan fingerprint density at radius 2 is 1.69 bits per heavy atom. The fourth-order valence-corrected chi connectivity index (χ4v) is 0.900. The molecular weight excluding hydrogens is 179 g/mol. The lowest BCUT2D eigenvalue weighted by Gasteiger charge is -2.03. The predicted molar refractivity (Wildman–Crippen MR) is 40.3 cm³/mol. The number of rotatable bonds is 1. The van der Waals surface area contributed by atoms with Crippen LogP contribution in [0.15, 0.2) is 12.1 Å². The van der Waals surface area contributed by atoms with E-state index in [1.165, 1.54) is 6.92 Å². The maximum Gasteiger partial charge on any atom is 0.194 e. The Morgan fingerprint density at radius 1 is 1.23 bits per heavy atom. The molecule has 0 amide bonds. The molecule has 1 nitrogen and oxygen atoms in total. The Balaban J connectivity index is 3.22. The molecular formula is C9H6F3N. The van der Waals surface area contributed by atoms with Gasteiger partial charge in [-0.2, -0.15) is 5.26 Å². The summed E-state index contributed by atoms with van der Waals surface area (Å²) in [5, 5.41) is 8.45. The van der Waals surface area contributed by atoms with E-state index in [9.17, 15) is 13.2 Å². The lowest BCUT2D eigenvalue weighted by Crippen LogP contribution is -1.97. The first kappa shape index (κ1) is 9.59. The minimum atomic E-state index is -1.51. The monoisotopic (exact) mass is 185 g/mol. The Hall–Kier alpha value is -1.50. The number of benzene rings is 1. The van der Waals surface area contributed by atoms with Crippen molar-refractivity contribution in [1.82, 2.24) is 0 Å². The highest BCUT2D eigenvalue weighted by atomic mass is 19.2. The van der Waals surface area contributed by atoms with E-state index in [0.717, 1.165) is 12.1 Å². The van der Waals surface area contributed by atoms with Crippen LogP contribution >= 0.6 is 0 Å². The highest BCUT2D eigenvalue weighted by Crippen LogP contribution is 2.19. The largest absolute Gasteiger partial charge is 0.204 e.